The van der Waals surface area contributed by atoms with Crippen LogP contribution in [0.3, 0.4) is 0 Å². The zero-order chi connectivity index (χ0) is 32.9. The fourth-order valence-electron chi connectivity index (χ4n) is 12.4. The molecule has 6 aliphatic carbocycles. The van der Waals surface area contributed by atoms with Crippen molar-refractivity contribution in [2.24, 2.45) is 50.7 Å². The normalized spacial score (nSPS) is 44.4. The van der Waals surface area contributed by atoms with Gasteiger partial charge in [-0.2, -0.15) is 0 Å². The number of hydrogen-bond donors (Lipinski definition) is 2. The van der Waals surface area contributed by atoms with E-state index in [1.165, 1.54) is 5.57 Å². The van der Waals surface area contributed by atoms with Crippen molar-refractivity contribution in [3.05, 3.63) is 59.6 Å². The Morgan fingerprint density at radius 3 is 2.33 bits per heavy atom. The minimum atomic E-state index is -0.998. The molecule has 0 spiro atoms. The second-order valence-electron chi connectivity index (χ2n) is 17.4. The van der Waals surface area contributed by atoms with E-state index < -0.39 is 11.5 Å². The van der Waals surface area contributed by atoms with Gasteiger partial charge in [0.15, 0.2) is 5.78 Å². The number of fused-ring (bicyclic) bond motifs is 7. The van der Waals surface area contributed by atoms with Crippen LogP contribution in [0.1, 0.15) is 113 Å². The topological polar surface area (TPSA) is 66.8 Å². The van der Waals surface area contributed by atoms with Crippen molar-refractivity contribution in [3.63, 3.8) is 0 Å². The van der Waals surface area contributed by atoms with Gasteiger partial charge in [-0.3, -0.25) is 4.79 Å². The van der Waals surface area contributed by atoms with E-state index in [-0.39, 0.29) is 56.5 Å². The van der Waals surface area contributed by atoms with Crippen LogP contribution < -0.4 is 0 Å². The number of rotatable bonds is 6. The van der Waals surface area contributed by atoms with Crippen molar-refractivity contribution in [3.8, 4) is 0 Å². The summed E-state index contributed by atoms with van der Waals surface area (Å²) in [6.07, 6.45) is 13.8. The smallest absolute Gasteiger partial charge is 0.160 e. The Hall–Kier alpha value is -1.62. The Kier molecular flexibility index (Phi) is 8.11. The van der Waals surface area contributed by atoms with Crippen LogP contribution in [0.4, 0.5) is 0 Å². The average Bonchev–Trinajstić information content (AvgIpc) is 3.28. The van der Waals surface area contributed by atoms with Crippen LogP contribution in [0.25, 0.3) is 0 Å². The van der Waals surface area contributed by atoms with E-state index in [2.05, 4.69) is 61.6 Å². The molecule has 0 aromatic heterocycles. The van der Waals surface area contributed by atoms with Crippen LogP contribution in [0.2, 0.25) is 0 Å². The van der Waals surface area contributed by atoms with Crippen molar-refractivity contribution in [2.75, 3.05) is 0 Å². The second kappa shape index (κ2) is 11.0. The van der Waals surface area contributed by atoms with E-state index in [4.69, 9.17) is 16.3 Å². The first kappa shape index (κ1) is 33.3. The average molecular weight is 637 g/mol. The summed E-state index contributed by atoms with van der Waals surface area (Å²) in [5, 5.41) is 23.3. The quantitative estimate of drug-likeness (QED) is 0.225. The lowest BCUT2D eigenvalue weighted by Crippen LogP contribution is -2.66. The third-order valence-electron chi connectivity index (χ3n) is 14.9. The van der Waals surface area contributed by atoms with Gasteiger partial charge in [0.05, 0.1) is 11.5 Å². The molecule has 0 radical (unpaired) electrons. The van der Waals surface area contributed by atoms with E-state index >= 15 is 0 Å². The predicted octanol–water partition coefficient (Wildman–Crippen LogP) is 9.23. The van der Waals surface area contributed by atoms with Crippen LogP contribution in [0, 0.1) is 50.7 Å². The number of halogens is 1. The molecule has 5 heteroatoms. The highest BCUT2D eigenvalue weighted by atomic mass is 35.5. The van der Waals surface area contributed by atoms with E-state index in [0.717, 1.165) is 62.5 Å². The molecule has 45 heavy (non-hydrogen) atoms. The molecule has 0 saturated heterocycles. The SMILES string of the molecule is C=C(OC(=C)[C@H](O)[C@@]12CC[C@]3(C)[C@H](CC[C@@H]4C5(C)CCC(O)C(C)(C)[C@@H]5CC[C@]43C)C1=C(C(C)C)C(=O)C2)C1=CCC(Cl)C=C1. The third kappa shape index (κ3) is 4.61. The number of ether oxygens (including phenoxy) is 1. The molecule has 0 bridgehead atoms. The number of carbonyl (C=O) groups excluding carboxylic acids is 1. The molecule has 10 atom stereocenters. The summed E-state index contributed by atoms with van der Waals surface area (Å²) in [5.74, 6) is 2.31. The summed E-state index contributed by atoms with van der Waals surface area (Å²) in [6, 6.07) is 0. The molecular weight excluding hydrogens is 580 g/mol. The highest BCUT2D eigenvalue weighted by molar-refractivity contribution is 6.22. The van der Waals surface area contributed by atoms with Gasteiger partial charge >= 0.3 is 0 Å². The largest absolute Gasteiger partial charge is 0.460 e. The Bertz CT molecular complexity index is 1380. The number of aliphatic hydroxyl groups is 2. The van der Waals surface area contributed by atoms with Crippen molar-refractivity contribution in [1.82, 2.24) is 0 Å². The Morgan fingerprint density at radius 2 is 1.69 bits per heavy atom. The number of alkyl halides is 1. The Morgan fingerprint density at radius 1 is 0.978 bits per heavy atom. The van der Waals surface area contributed by atoms with E-state index in [1.54, 1.807) is 0 Å². The van der Waals surface area contributed by atoms with Crippen molar-refractivity contribution in [2.45, 2.75) is 130 Å². The maximum Gasteiger partial charge on any atom is 0.160 e. The van der Waals surface area contributed by atoms with Gasteiger partial charge in [-0.25, -0.2) is 0 Å². The molecule has 6 rings (SSSR count). The molecule has 0 aromatic carbocycles. The monoisotopic (exact) mass is 636 g/mol. The first-order valence-electron chi connectivity index (χ1n) is 17.7. The summed E-state index contributed by atoms with van der Waals surface area (Å²) >= 11 is 6.23. The fraction of sp³-hybridized carbons (Fsp3) is 0.725. The first-order valence-corrected chi connectivity index (χ1v) is 18.1. The maximum absolute atomic E-state index is 14.0. The second-order valence-corrected chi connectivity index (χ2v) is 18.0. The molecule has 4 saturated carbocycles. The highest BCUT2D eigenvalue weighted by Gasteiger charge is 2.70. The van der Waals surface area contributed by atoms with Crippen LogP contribution >= 0.6 is 11.6 Å². The standard InChI is InChI=1S/C40H57ClO4/c1-23(2)33-29(42)22-40(35(44)25(4)45-24(3)26-10-12-27(41)13-11-26)21-20-38(8)28(34(33)40)14-15-31-37(7)18-17-32(43)36(5,6)30(37)16-19-39(31,38)9/h10-12,23,27-28,30-32,35,43-44H,3-4,13-22H2,1-2,5-9H3/t27?,28-,30+,31-,32?,35+,37?,38-,39-,40-/m1/s1. The van der Waals surface area contributed by atoms with Crippen LogP contribution in [0.15, 0.2) is 59.6 Å². The lowest BCUT2D eigenvalue weighted by Gasteiger charge is -2.72. The number of Topliss-reactive ketones (excluding diaryl/α,β-unsaturated/α-hetero) is 1. The highest BCUT2D eigenvalue weighted by Crippen LogP contribution is 2.77. The zero-order valence-corrected chi connectivity index (χ0v) is 29.6. The lowest BCUT2D eigenvalue weighted by atomic mass is 9.33. The van der Waals surface area contributed by atoms with Gasteiger partial charge in [0.25, 0.3) is 0 Å². The Labute approximate surface area is 277 Å². The number of aliphatic hydroxyl groups excluding tert-OH is 2. The zero-order valence-electron chi connectivity index (χ0n) is 28.8. The van der Waals surface area contributed by atoms with Crippen molar-refractivity contribution >= 4 is 17.4 Å². The number of allylic oxidation sites excluding steroid dienone is 4. The maximum atomic E-state index is 14.0. The first-order chi connectivity index (χ1) is 20.9. The number of ketones is 1. The molecule has 0 heterocycles. The predicted molar refractivity (Wildman–Crippen MR) is 182 cm³/mol. The molecule has 3 unspecified atom stereocenters. The van der Waals surface area contributed by atoms with Crippen LogP contribution in [-0.4, -0.2) is 33.6 Å². The van der Waals surface area contributed by atoms with E-state index in [1.807, 2.05) is 18.2 Å². The van der Waals surface area contributed by atoms with Gasteiger partial charge in [0.1, 0.15) is 17.6 Å². The number of carbonyl (C=O) groups is 1. The minimum Gasteiger partial charge on any atom is -0.460 e. The molecule has 0 amide bonds. The van der Waals surface area contributed by atoms with E-state index in [9.17, 15) is 15.0 Å². The molecule has 4 fully saturated rings. The molecular formula is C40H57ClO4. The van der Waals surface area contributed by atoms with Gasteiger partial charge in [-0.1, -0.05) is 79.9 Å². The fourth-order valence-corrected chi connectivity index (χ4v) is 12.5. The summed E-state index contributed by atoms with van der Waals surface area (Å²) in [6.45, 7) is 24.9. The molecule has 4 nitrogen and oxygen atoms in total. The van der Waals surface area contributed by atoms with Gasteiger partial charge in [-0.05, 0) is 114 Å². The molecule has 248 valence electrons. The summed E-state index contributed by atoms with van der Waals surface area (Å²) < 4.78 is 6.19. The summed E-state index contributed by atoms with van der Waals surface area (Å²) in [7, 11) is 0. The summed E-state index contributed by atoms with van der Waals surface area (Å²) in [4.78, 5) is 14.0. The van der Waals surface area contributed by atoms with Crippen molar-refractivity contribution < 1.29 is 19.7 Å². The third-order valence-corrected chi connectivity index (χ3v) is 15.2. The summed E-state index contributed by atoms with van der Waals surface area (Å²) in [5.41, 5.74) is 2.55. The van der Waals surface area contributed by atoms with Gasteiger partial charge in [-0.15, -0.1) is 11.6 Å². The van der Waals surface area contributed by atoms with E-state index in [0.29, 0.717) is 30.4 Å². The number of hydrogen-bond acceptors (Lipinski definition) is 4. The van der Waals surface area contributed by atoms with Gasteiger partial charge in [0.2, 0.25) is 0 Å². The van der Waals surface area contributed by atoms with Gasteiger partial charge in [0, 0.05) is 17.4 Å². The molecule has 0 aromatic rings. The van der Waals surface area contributed by atoms with Crippen molar-refractivity contribution in [1.29, 1.82) is 0 Å². The van der Waals surface area contributed by atoms with Crippen LogP contribution in [-0.2, 0) is 9.53 Å². The minimum absolute atomic E-state index is 0.00894. The van der Waals surface area contributed by atoms with Crippen LogP contribution in [0.5, 0.6) is 0 Å². The molecule has 6 aliphatic rings. The lowest BCUT2D eigenvalue weighted by molar-refractivity contribution is -0.230. The molecule has 2 N–H and O–H groups in total. The molecule has 0 aliphatic heterocycles. The van der Waals surface area contributed by atoms with Gasteiger partial charge < -0.3 is 14.9 Å². The Balaban J connectivity index is 1.35.